The zero-order valence-corrected chi connectivity index (χ0v) is 22.3. The van der Waals surface area contributed by atoms with Gasteiger partial charge in [0.2, 0.25) is 11.9 Å². The molecule has 9 nitrogen and oxygen atoms in total. The van der Waals surface area contributed by atoms with Crippen LogP contribution < -0.4 is 5.32 Å². The summed E-state index contributed by atoms with van der Waals surface area (Å²) in [5.41, 5.74) is 2.68. The van der Waals surface area contributed by atoms with Gasteiger partial charge in [-0.05, 0) is 56.9 Å². The maximum absolute atomic E-state index is 13.2. The Morgan fingerprint density at radius 1 is 1.18 bits per heavy atom. The fourth-order valence-electron chi connectivity index (χ4n) is 5.33. The number of carbonyl (C=O) groups excluding carboxylic acids is 2. The number of β-amino-alcohol motifs (C(OH)–C–C–N with tert-alkyl or cyclic N) is 1. The number of aliphatic hydroxyl groups excluding tert-OH is 1. The third-order valence-corrected chi connectivity index (χ3v) is 7.54. The van der Waals surface area contributed by atoms with Gasteiger partial charge in [-0.2, -0.15) is 0 Å². The van der Waals surface area contributed by atoms with Crippen LogP contribution in [-0.2, 0) is 4.79 Å². The maximum atomic E-state index is 13.2. The molecule has 0 bridgehead atoms. The molecule has 5 rings (SSSR count). The normalized spacial score (nSPS) is 20.8. The number of nitrogens with one attached hydrogen (secondary N) is 1. The van der Waals surface area contributed by atoms with Crippen LogP contribution in [0.1, 0.15) is 47.8 Å². The van der Waals surface area contributed by atoms with Crippen molar-refractivity contribution in [2.75, 3.05) is 38.0 Å². The van der Waals surface area contributed by atoms with Crippen LogP contribution in [0.25, 0.3) is 11.0 Å². The average Bonchev–Trinajstić information content (AvgIpc) is 3.38. The second kappa shape index (κ2) is 11.6. The topological polar surface area (TPSA) is 104 Å². The molecule has 2 saturated heterocycles. The van der Waals surface area contributed by atoms with Gasteiger partial charge in [-0.15, -0.1) is 0 Å². The number of hydrogen-bond donors (Lipinski definition) is 2. The van der Waals surface area contributed by atoms with Crippen LogP contribution in [0.5, 0.6) is 0 Å². The summed E-state index contributed by atoms with van der Waals surface area (Å²) in [4.78, 5) is 39.2. The number of aliphatic hydroxyl groups is 1. The highest BCUT2D eigenvalue weighted by molar-refractivity contribution is 6.35. The van der Waals surface area contributed by atoms with E-state index in [9.17, 15) is 14.7 Å². The minimum atomic E-state index is -0.278. The number of rotatable bonds is 6. The standard InChI is InChI=1S/C28H33ClN6O3/c1-19-16-20(10-12-30-19)27(38)32-28-31-24-8-4-7-23(29)26(24)35(28)21-6-2-3-14-34(17-21)25(37)9-5-13-33-15-11-22(36)18-33/h4-5,7-10,12,16,21-22,36H,2-3,6,11,13-15,17-18H2,1H3,(H,31,32,38). The van der Waals surface area contributed by atoms with Crippen molar-refractivity contribution in [1.29, 1.82) is 0 Å². The van der Waals surface area contributed by atoms with Crippen LogP contribution in [0.4, 0.5) is 5.95 Å². The van der Waals surface area contributed by atoms with Gasteiger partial charge in [-0.1, -0.05) is 23.7 Å². The van der Waals surface area contributed by atoms with Gasteiger partial charge in [-0.3, -0.25) is 24.8 Å². The summed E-state index contributed by atoms with van der Waals surface area (Å²) >= 11 is 6.65. The zero-order valence-electron chi connectivity index (χ0n) is 21.5. The molecule has 4 heterocycles. The highest BCUT2D eigenvalue weighted by Gasteiger charge is 2.27. The monoisotopic (exact) mass is 536 g/mol. The van der Waals surface area contributed by atoms with Gasteiger partial charge in [0.1, 0.15) is 0 Å². The van der Waals surface area contributed by atoms with Crippen LogP contribution >= 0.6 is 11.6 Å². The molecule has 0 radical (unpaired) electrons. The van der Waals surface area contributed by atoms with Gasteiger partial charge in [0.25, 0.3) is 5.91 Å². The van der Waals surface area contributed by atoms with Crippen molar-refractivity contribution < 1.29 is 14.7 Å². The molecule has 2 aliphatic heterocycles. The van der Waals surface area contributed by atoms with Crippen molar-refractivity contribution in [1.82, 2.24) is 24.3 Å². The first kappa shape index (κ1) is 26.3. The van der Waals surface area contributed by atoms with E-state index in [0.29, 0.717) is 48.2 Å². The lowest BCUT2D eigenvalue weighted by atomic mass is 10.1. The lowest BCUT2D eigenvalue weighted by molar-refractivity contribution is -0.126. The molecule has 2 aromatic heterocycles. The highest BCUT2D eigenvalue weighted by Crippen LogP contribution is 2.34. The molecular weight excluding hydrogens is 504 g/mol. The van der Waals surface area contributed by atoms with Gasteiger partial charge >= 0.3 is 0 Å². The summed E-state index contributed by atoms with van der Waals surface area (Å²) in [5.74, 6) is 0.0969. The molecule has 0 aliphatic carbocycles. The fourth-order valence-corrected chi connectivity index (χ4v) is 5.59. The Balaban J connectivity index is 1.39. The number of likely N-dealkylation sites (tertiary alicyclic amines) is 2. The second-order valence-corrected chi connectivity index (χ2v) is 10.5. The number of nitrogens with zero attached hydrogens (tertiary/aromatic N) is 5. The predicted molar refractivity (Wildman–Crippen MR) is 147 cm³/mol. The molecule has 200 valence electrons. The van der Waals surface area contributed by atoms with Crippen LogP contribution in [0.2, 0.25) is 5.02 Å². The first-order chi connectivity index (χ1) is 18.4. The number of halogens is 1. The Kier molecular flexibility index (Phi) is 8.06. The maximum Gasteiger partial charge on any atom is 0.258 e. The third-order valence-electron chi connectivity index (χ3n) is 7.24. The van der Waals surface area contributed by atoms with E-state index in [1.807, 2.05) is 40.7 Å². The lowest BCUT2D eigenvalue weighted by Gasteiger charge is -2.26. The summed E-state index contributed by atoms with van der Waals surface area (Å²) in [6.45, 7) is 5.12. The minimum absolute atomic E-state index is 0.0370. The Bertz CT molecular complexity index is 1360. The number of fused-ring (bicyclic) bond motifs is 1. The van der Waals surface area contributed by atoms with Gasteiger partial charge < -0.3 is 14.6 Å². The SMILES string of the molecule is Cc1cc(C(=O)Nc2nc3cccc(Cl)c3n2C2CCCCN(C(=O)C=CCN3CCC(O)C3)C2)ccn1. The molecule has 0 saturated carbocycles. The summed E-state index contributed by atoms with van der Waals surface area (Å²) in [7, 11) is 0. The quantitative estimate of drug-likeness (QED) is 0.464. The summed E-state index contributed by atoms with van der Waals surface area (Å²) in [5, 5.41) is 13.3. The van der Waals surface area contributed by atoms with Crippen LogP contribution in [0.3, 0.4) is 0 Å². The van der Waals surface area contributed by atoms with Gasteiger partial charge in [0, 0.05) is 56.3 Å². The fraction of sp³-hybridized carbons (Fsp3) is 0.429. The number of pyridine rings is 1. The molecule has 10 heteroatoms. The average molecular weight is 537 g/mol. The molecule has 2 fully saturated rings. The number of imidazole rings is 1. The highest BCUT2D eigenvalue weighted by atomic mass is 35.5. The van der Waals surface area contributed by atoms with E-state index >= 15 is 0 Å². The lowest BCUT2D eigenvalue weighted by Crippen LogP contribution is -2.35. The smallest absolute Gasteiger partial charge is 0.258 e. The Labute approximate surface area is 227 Å². The van der Waals surface area contributed by atoms with Crippen LogP contribution in [0.15, 0.2) is 48.7 Å². The van der Waals surface area contributed by atoms with Gasteiger partial charge in [0.05, 0.1) is 28.2 Å². The van der Waals surface area contributed by atoms with Crippen molar-refractivity contribution in [2.24, 2.45) is 0 Å². The van der Waals surface area contributed by atoms with Crippen molar-refractivity contribution in [3.05, 3.63) is 65.0 Å². The summed E-state index contributed by atoms with van der Waals surface area (Å²) in [6.07, 6.45) is 8.28. The zero-order chi connectivity index (χ0) is 26.6. The number of benzene rings is 1. The number of amides is 2. The molecule has 2 N–H and O–H groups in total. The minimum Gasteiger partial charge on any atom is -0.392 e. The molecule has 1 aromatic carbocycles. The van der Waals surface area contributed by atoms with E-state index in [0.717, 1.165) is 43.4 Å². The van der Waals surface area contributed by atoms with Gasteiger partial charge in [-0.25, -0.2) is 4.98 Å². The number of para-hydroxylation sites is 1. The van der Waals surface area contributed by atoms with E-state index in [1.165, 1.54) is 0 Å². The van der Waals surface area contributed by atoms with E-state index < -0.39 is 0 Å². The van der Waals surface area contributed by atoms with Crippen LogP contribution in [-0.4, -0.2) is 80.1 Å². The first-order valence-corrected chi connectivity index (χ1v) is 13.5. The van der Waals surface area contributed by atoms with Gasteiger partial charge in [0.15, 0.2) is 0 Å². The Morgan fingerprint density at radius 2 is 2.05 bits per heavy atom. The predicted octanol–water partition coefficient (Wildman–Crippen LogP) is 3.82. The molecule has 3 aromatic rings. The largest absolute Gasteiger partial charge is 0.392 e. The third kappa shape index (κ3) is 5.90. The number of hydrogen-bond acceptors (Lipinski definition) is 6. The summed E-state index contributed by atoms with van der Waals surface area (Å²) in [6, 6.07) is 8.83. The molecule has 2 amide bonds. The Hall–Kier alpha value is -3.27. The number of aromatic nitrogens is 3. The van der Waals surface area contributed by atoms with E-state index in [-0.39, 0.29) is 24.0 Å². The Morgan fingerprint density at radius 3 is 2.84 bits per heavy atom. The molecule has 2 unspecified atom stereocenters. The number of aryl methyl sites for hydroxylation is 1. The summed E-state index contributed by atoms with van der Waals surface area (Å²) < 4.78 is 1.99. The molecule has 0 spiro atoms. The van der Waals surface area contributed by atoms with Crippen molar-refractivity contribution in [2.45, 2.75) is 44.8 Å². The number of carbonyl (C=O) groups is 2. The first-order valence-electron chi connectivity index (χ1n) is 13.2. The second-order valence-electron chi connectivity index (χ2n) is 10.1. The van der Waals surface area contributed by atoms with E-state index in [1.54, 1.807) is 24.4 Å². The molecule has 38 heavy (non-hydrogen) atoms. The van der Waals surface area contributed by atoms with Crippen molar-refractivity contribution in [3.8, 4) is 0 Å². The molecule has 2 aliphatic rings. The van der Waals surface area contributed by atoms with Crippen LogP contribution in [0, 0.1) is 6.92 Å². The van der Waals surface area contributed by atoms with E-state index in [2.05, 4.69) is 15.2 Å². The number of anilines is 1. The van der Waals surface area contributed by atoms with E-state index in [4.69, 9.17) is 16.6 Å². The molecular formula is C28H33ClN6O3. The van der Waals surface area contributed by atoms with Crippen molar-refractivity contribution in [3.63, 3.8) is 0 Å². The van der Waals surface area contributed by atoms with Crippen molar-refractivity contribution >= 4 is 40.4 Å². The molecule has 2 atom stereocenters.